The molecule has 1 aromatic rings. The molecule has 0 saturated carbocycles. The number of nitrogens with zero attached hydrogens (tertiary/aromatic N) is 1. The van der Waals surface area contributed by atoms with E-state index in [1.54, 1.807) is 0 Å². The number of hydrogen-bond acceptors (Lipinski definition) is 3. The summed E-state index contributed by atoms with van der Waals surface area (Å²) in [5, 5.41) is 2.99. The van der Waals surface area contributed by atoms with Crippen molar-refractivity contribution in [2.45, 2.75) is 46.1 Å². The van der Waals surface area contributed by atoms with Crippen molar-refractivity contribution in [2.75, 3.05) is 32.9 Å². The second-order valence-corrected chi connectivity index (χ2v) is 6.09. The van der Waals surface area contributed by atoms with Gasteiger partial charge in [-0.05, 0) is 49.4 Å². The molecule has 1 aromatic carbocycles. The summed E-state index contributed by atoms with van der Waals surface area (Å²) in [5.41, 5.74) is 2.50. The lowest BCUT2D eigenvalue weighted by Gasteiger charge is -2.29. The van der Waals surface area contributed by atoms with Gasteiger partial charge in [0.2, 0.25) is 0 Å². The first kappa shape index (κ1) is 18.6. The van der Waals surface area contributed by atoms with E-state index in [2.05, 4.69) is 24.4 Å². The molecule has 1 aliphatic rings. The zero-order valence-corrected chi connectivity index (χ0v) is 15.0. The van der Waals surface area contributed by atoms with Crippen LogP contribution in [0.15, 0.2) is 18.2 Å². The zero-order chi connectivity index (χ0) is 17.2. The van der Waals surface area contributed by atoms with E-state index < -0.39 is 0 Å². The van der Waals surface area contributed by atoms with Crippen LogP contribution in [0.1, 0.15) is 44.2 Å². The highest BCUT2D eigenvalue weighted by atomic mass is 16.5. The van der Waals surface area contributed by atoms with Crippen LogP contribution < -0.4 is 10.1 Å². The molecule has 134 valence electrons. The molecular weight excluding hydrogens is 304 g/mol. The summed E-state index contributed by atoms with van der Waals surface area (Å²) in [6.07, 6.45) is 4.01. The minimum Gasteiger partial charge on any atom is -0.494 e. The summed E-state index contributed by atoms with van der Waals surface area (Å²) in [6, 6.07) is 6.19. The summed E-state index contributed by atoms with van der Waals surface area (Å²) in [6.45, 7) is 8.38. The number of rotatable bonds is 9. The number of nitrogens with one attached hydrogen (secondary N) is 1. The van der Waals surface area contributed by atoms with E-state index in [0.29, 0.717) is 26.3 Å². The van der Waals surface area contributed by atoms with Gasteiger partial charge in [-0.3, -0.25) is 0 Å². The van der Waals surface area contributed by atoms with Crippen LogP contribution in [-0.4, -0.2) is 43.8 Å². The Labute approximate surface area is 145 Å². The van der Waals surface area contributed by atoms with E-state index in [-0.39, 0.29) is 6.03 Å². The van der Waals surface area contributed by atoms with Gasteiger partial charge >= 0.3 is 6.03 Å². The minimum atomic E-state index is 0.0102. The van der Waals surface area contributed by atoms with Gasteiger partial charge < -0.3 is 19.7 Å². The molecule has 2 amide bonds. The van der Waals surface area contributed by atoms with Crippen molar-refractivity contribution in [3.8, 4) is 5.75 Å². The van der Waals surface area contributed by atoms with Crippen LogP contribution in [-0.2, 0) is 17.7 Å². The highest BCUT2D eigenvalue weighted by molar-refractivity contribution is 5.74. The zero-order valence-electron chi connectivity index (χ0n) is 15.0. The first-order valence-electron chi connectivity index (χ1n) is 9.09. The number of ether oxygens (including phenoxy) is 2. The van der Waals surface area contributed by atoms with Crippen LogP contribution in [0.2, 0.25) is 0 Å². The molecule has 0 unspecified atom stereocenters. The van der Waals surface area contributed by atoms with E-state index in [1.165, 1.54) is 11.1 Å². The predicted molar refractivity (Wildman–Crippen MR) is 95.5 cm³/mol. The Balaban J connectivity index is 1.73. The maximum Gasteiger partial charge on any atom is 0.317 e. The molecule has 0 atom stereocenters. The summed E-state index contributed by atoms with van der Waals surface area (Å²) >= 11 is 0. The summed E-state index contributed by atoms with van der Waals surface area (Å²) in [7, 11) is 0. The maximum absolute atomic E-state index is 12.3. The lowest BCUT2D eigenvalue weighted by Crippen LogP contribution is -2.43. The van der Waals surface area contributed by atoms with E-state index in [0.717, 1.165) is 44.6 Å². The number of urea groups is 1. The molecule has 0 radical (unpaired) electrons. The largest absolute Gasteiger partial charge is 0.494 e. The molecule has 0 fully saturated rings. The van der Waals surface area contributed by atoms with Gasteiger partial charge in [-0.15, -0.1) is 0 Å². The second-order valence-electron chi connectivity index (χ2n) is 6.09. The Morgan fingerprint density at radius 2 is 2.04 bits per heavy atom. The van der Waals surface area contributed by atoms with E-state index >= 15 is 0 Å². The fourth-order valence-electron chi connectivity index (χ4n) is 2.79. The van der Waals surface area contributed by atoms with E-state index in [9.17, 15) is 4.79 Å². The van der Waals surface area contributed by atoms with E-state index in [4.69, 9.17) is 9.47 Å². The van der Waals surface area contributed by atoms with Crippen LogP contribution in [0.3, 0.4) is 0 Å². The fraction of sp³-hybridized carbons (Fsp3) is 0.632. The first-order chi connectivity index (χ1) is 11.7. The molecule has 1 N–H and O–H groups in total. The number of unbranched alkanes of at least 4 members (excludes halogenated alkanes) is 1. The normalized spacial score (nSPS) is 13.5. The Bertz CT molecular complexity index is 519. The van der Waals surface area contributed by atoms with Crippen molar-refractivity contribution in [3.63, 3.8) is 0 Å². The molecule has 1 heterocycles. The first-order valence-corrected chi connectivity index (χ1v) is 9.09. The molecular formula is C19H30N2O3. The molecule has 5 heteroatoms. The van der Waals surface area contributed by atoms with Crippen molar-refractivity contribution >= 4 is 6.03 Å². The minimum absolute atomic E-state index is 0.0102. The third kappa shape index (κ3) is 5.71. The van der Waals surface area contributed by atoms with Gasteiger partial charge in [0.1, 0.15) is 5.75 Å². The lowest BCUT2D eigenvalue weighted by atomic mass is 10.00. The molecule has 0 aromatic heterocycles. The van der Waals surface area contributed by atoms with Gasteiger partial charge in [0.15, 0.2) is 0 Å². The highest BCUT2D eigenvalue weighted by Crippen LogP contribution is 2.24. The molecule has 5 nitrogen and oxygen atoms in total. The number of carbonyl (C=O) groups is 1. The van der Waals surface area contributed by atoms with Crippen molar-refractivity contribution in [3.05, 3.63) is 29.3 Å². The van der Waals surface area contributed by atoms with Gasteiger partial charge in [-0.25, -0.2) is 4.79 Å². The van der Waals surface area contributed by atoms with Crippen molar-refractivity contribution in [2.24, 2.45) is 0 Å². The van der Waals surface area contributed by atoms with Gasteiger partial charge in [-0.2, -0.15) is 0 Å². The Hall–Kier alpha value is -1.75. The second kappa shape index (κ2) is 10.2. The Kier molecular flexibility index (Phi) is 7.89. The molecule has 0 aliphatic carbocycles. The summed E-state index contributed by atoms with van der Waals surface area (Å²) < 4.78 is 11.1. The standard InChI is InChI=1S/C19H30N2O3/c1-3-5-12-23-13-6-10-20-19(22)21-11-9-16-7-8-18(24-4-2)14-17(16)15-21/h7-8,14H,3-6,9-13,15H2,1-2H3,(H,20,22). The number of fused-ring (bicyclic) bond motifs is 1. The molecule has 2 rings (SSSR count). The molecule has 0 saturated heterocycles. The highest BCUT2D eigenvalue weighted by Gasteiger charge is 2.20. The van der Waals surface area contributed by atoms with Crippen LogP contribution in [0, 0.1) is 0 Å². The van der Waals surface area contributed by atoms with Crippen LogP contribution >= 0.6 is 0 Å². The third-order valence-electron chi connectivity index (χ3n) is 4.17. The maximum atomic E-state index is 12.3. The predicted octanol–water partition coefficient (Wildman–Crippen LogP) is 3.36. The van der Waals surface area contributed by atoms with Gasteiger partial charge in [0.25, 0.3) is 0 Å². The smallest absolute Gasteiger partial charge is 0.317 e. The number of amides is 2. The Morgan fingerprint density at radius 1 is 1.21 bits per heavy atom. The van der Waals surface area contributed by atoms with Crippen LogP contribution in [0.5, 0.6) is 5.75 Å². The molecule has 24 heavy (non-hydrogen) atoms. The topological polar surface area (TPSA) is 50.8 Å². The average molecular weight is 334 g/mol. The van der Waals surface area contributed by atoms with Gasteiger partial charge in [-0.1, -0.05) is 19.4 Å². The van der Waals surface area contributed by atoms with Gasteiger partial charge in [0, 0.05) is 32.8 Å². The van der Waals surface area contributed by atoms with Crippen molar-refractivity contribution < 1.29 is 14.3 Å². The quantitative estimate of drug-likeness (QED) is 0.705. The van der Waals surface area contributed by atoms with Crippen LogP contribution in [0.4, 0.5) is 4.79 Å². The summed E-state index contributed by atoms with van der Waals surface area (Å²) in [4.78, 5) is 14.2. The fourth-order valence-corrected chi connectivity index (χ4v) is 2.79. The Morgan fingerprint density at radius 3 is 2.83 bits per heavy atom. The van der Waals surface area contributed by atoms with Gasteiger partial charge in [0.05, 0.1) is 6.61 Å². The summed E-state index contributed by atoms with van der Waals surface area (Å²) in [5.74, 6) is 0.878. The average Bonchev–Trinajstić information content (AvgIpc) is 2.60. The molecule has 0 bridgehead atoms. The van der Waals surface area contributed by atoms with Crippen molar-refractivity contribution in [1.82, 2.24) is 10.2 Å². The monoisotopic (exact) mass is 334 g/mol. The number of benzene rings is 1. The van der Waals surface area contributed by atoms with Crippen molar-refractivity contribution in [1.29, 1.82) is 0 Å². The number of hydrogen-bond donors (Lipinski definition) is 1. The van der Waals surface area contributed by atoms with Crippen LogP contribution in [0.25, 0.3) is 0 Å². The lowest BCUT2D eigenvalue weighted by molar-refractivity contribution is 0.128. The number of carbonyl (C=O) groups excluding carboxylic acids is 1. The molecule has 0 spiro atoms. The molecule has 1 aliphatic heterocycles. The third-order valence-corrected chi connectivity index (χ3v) is 4.17. The SMILES string of the molecule is CCCCOCCCNC(=O)N1CCc2ccc(OCC)cc2C1. The van der Waals surface area contributed by atoms with E-state index in [1.807, 2.05) is 17.9 Å².